The summed E-state index contributed by atoms with van der Waals surface area (Å²) in [6.07, 6.45) is 6.85. The van der Waals surface area contributed by atoms with Crippen molar-refractivity contribution in [1.82, 2.24) is 4.90 Å². The summed E-state index contributed by atoms with van der Waals surface area (Å²) >= 11 is 0. The van der Waals surface area contributed by atoms with Gasteiger partial charge in [0.1, 0.15) is 0 Å². The Bertz CT molecular complexity index is 279. The third kappa shape index (κ3) is 1.86. The highest BCUT2D eigenvalue weighted by Gasteiger charge is 2.44. The van der Waals surface area contributed by atoms with Crippen molar-refractivity contribution in [3.8, 4) is 0 Å². The molecule has 2 amide bonds. The zero-order valence-electron chi connectivity index (χ0n) is 9.71. The van der Waals surface area contributed by atoms with Crippen LogP contribution in [-0.4, -0.2) is 28.8 Å². The first-order valence-electron chi connectivity index (χ1n) is 6.26. The molecule has 2 aliphatic rings. The van der Waals surface area contributed by atoms with E-state index in [1.54, 1.807) is 0 Å². The van der Waals surface area contributed by atoms with Crippen molar-refractivity contribution >= 4 is 11.8 Å². The number of piperidine rings is 1. The fourth-order valence-corrected chi connectivity index (χ4v) is 3.01. The number of hydrogen-bond acceptors (Lipinski definition) is 3. The van der Waals surface area contributed by atoms with Crippen LogP contribution in [0.1, 0.15) is 51.4 Å². The van der Waals surface area contributed by atoms with Crippen LogP contribution in [0.2, 0.25) is 0 Å². The number of hydrogen-bond donors (Lipinski definition) is 1. The van der Waals surface area contributed by atoms with Gasteiger partial charge < -0.3 is 5.73 Å². The van der Waals surface area contributed by atoms with Gasteiger partial charge in [-0.1, -0.05) is 19.3 Å². The van der Waals surface area contributed by atoms with Crippen LogP contribution in [0, 0.1) is 0 Å². The Labute approximate surface area is 96.2 Å². The van der Waals surface area contributed by atoms with Crippen LogP contribution in [0.5, 0.6) is 0 Å². The Morgan fingerprint density at radius 1 is 1.00 bits per heavy atom. The van der Waals surface area contributed by atoms with E-state index in [1.807, 2.05) is 0 Å². The van der Waals surface area contributed by atoms with E-state index >= 15 is 0 Å². The van der Waals surface area contributed by atoms with Gasteiger partial charge in [-0.3, -0.25) is 14.5 Å². The van der Waals surface area contributed by atoms with E-state index in [0.29, 0.717) is 25.8 Å². The molecule has 1 aliphatic carbocycles. The highest BCUT2D eigenvalue weighted by molar-refractivity contribution is 5.98. The van der Waals surface area contributed by atoms with E-state index in [-0.39, 0.29) is 17.4 Å². The molecule has 1 heterocycles. The standard InChI is InChI=1S/C12H20N2O2/c13-9-12(7-2-1-3-8-12)14-10(15)5-4-6-11(14)16/h1-9,13H2. The smallest absolute Gasteiger partial charge is 0.229 e. The summed E-state index contributed by atoms with van der Waals surface area (Å²) < 4.78 is 0. The van der Waals surface area contributed by atoms with Gasteiger partial charge in [0, 0.05) is 19.4 Å². The Kier molecular flexibility index (Phi) is 3.28. The average molecular weight is 224 g/mol. The highest BCUT2D eigenvalue weighted by Crippen LogP contribution is 2.35. The molecule has 2 fully saturated rings. The number of likely N-dealkylation sites (tertiary alicyclic amines) is 1. The van der Waals surface area contributed by atoms with Crippen LogP contribution in [0.3, 0.4) is 0 Å². The third-order valence-electron chi connectivity index (χ3n) is 3.92. The van der Waals surface area contributed by atoms with Gasteiger partial charge in [-0.15, -0.1) is 0 Å². The van der Waals surface area contributed by atoms with Gasteiger partial charge in [0.25, 0.3) is 0 Å². The molecule has 90 valence electrons. The monoisotopic (exact) mass is 224 g/mol. The van der Waals surface area contributed by atoms with Gasteiger partial charge in [-0.05, 0) is 19.3 Å². The predicted molar refractivity (Wildman–Crippen MR) is 60.6 cm³/mol. The first kappa shape index (κ1) is 11.6. The summed E-state index contributed by atoms with van der Waals surface area (Å²) in [5.41, 5.74) is 5.49. The fraction of sp³-hybridized carbons (Fsp3) is 0.833. The molecule has 0 aromatic carbocycles. The molecule has 0 aromatic heterocycles. The van der Waals surface area contributed by atoms with Crippen molar-refractivity contribution in [1.29, 1.82) is 0 Å². The molecule has 0 radical (unpaired) electrons. The minimum Gasteiger partial charge on any atom is -0.328 e. The maximum absolute atomic E-state index is 11.9. The molecule has 4 heteroatoms. The lowest BCUT2D eigenvalue weighted by Gasteiger charge is -2.46. The number of nitrogens with two attached hydrogens (primary N) is 1. The summed E-state index contributed by atoms with van der Waals surface area (Å²) in [5.74, 6) is -0.0211. The van der Waals surface area contributed by atoms with Crippen LogP contribution < -0.4 is 5.73 Å². The summed E-state index contributed by atoms with van der Waals surface area (Å²) in [4.78, 5) is 25.3. The van der Waals surface area contributed by atoms with Gasteiger partial charge >= 0.3 is 0 Å². The SMILES string of the molecule is NCC1(N2C(=O)CCCC2=O)CCCCC1. The van der Waals surface area contributed by atoms with E-state index in [1.165, 1.54) is 11.3 Å². The minimum absolute atomic E-state index is 0.0106. The lowest BCUT2D eigenvalue weighted by Crippen LogP contribution is -2.60. The predicted octanol–water partition coefficient (Wildman–Crippen LogP) is 1.19. The molecule has 2 N–H and O–H groups in total. The maximum Gasteiger partial charge on any atom is 0.229 e. The number of carbonyl (C=O) groups excluding carboxylic acids is 2. The lowest BCUT2D eigenvalue weighted by atomic mass is 9.79. The van der Waals surface area contributed by atoms with Crippen LogP contribution in [0.15, 0.2) is 0 Å². The Balaban J connectivity index is 2.23. The lowest BCUT2D eigenvalue weighted by molar-refractivity contribution is -0.157. The molecule has 1 aliphatic heterocycles. The van der Waals surface area contributed by atoms with Crippen molar-refractivity contribution in [3.63, 3.8) is 0 Å². The summed E-state index contributed by atoms with van der Waals surface area (Å²) in [6, 6.07) is 0. The molecule has 0 aromatic rings. The average Bonchev–Trinajstić information content (AvgIpc) is 2.30. The zero-order chi connectivity index (χ0) is 11.6. The maximum atomic E-state index is 11.9. The molecule has 0 spiro atoms. The molecular formula is C12H20N2O2. The molecule has 1 saturated carbocycles. The number of rotatable bonds is 2. The summed E-state index contributed by atoms with van der Waals surface area (Å²) in [5, 5.41) is 0. The van der Waals surface area contributed by atoms with E-state index in [9.17, 15) is 9.59 Å². The van der Waals surface area contributed by atoms with Crippen LogP contribution in [0.25, 0.3) is 0 Å². The minimum atomic E-state index is -0.354. The molecule has 0 atom stereocenters. The fourth-order valence-electron chi connectivity index (χ4n) is 3.01. The number of imide groups is 1. The van der Waals surface area contributed by atoms with Gasteiger partial charge in [0.05, 0.1) is 5.54 Å². The van der Waals surface area contributed by atoms with Gasteiger partial charge in [-0.25, -0.2) is 0 Å². The van der Waals surface area contributed by atoms with Gasteiger partial charge in [0.2, 0.25) is 11.8 Å². The normalized spacial score (nSPS) is 25.9. The molecule has 4 nitrogen and oxygen atoms in total. The second kappa shape index (κ2) is 4.53. The Morgan fingerprint density at radius 3 is 2.06 bits per heavy atom. The van der Waals surface area contributed by atoms with Gasteiger partial charge in [-0.2, -0.15) is 0 Å². The van der Waals surface area contributed by atoms with E-state index in [4.69, 9.17) is 5.73 Å². The van der Waals surface area contributed by atoms with Crippen molar-refractivity contribution in [2.45, 2.75) is 56.9 Å². The van der Waals surface area contributed by atoms with Crippen LogP contribution in [0.4, 0.5) is 0 Å². The zero-order valence-corrected chi connectivity index (χ0v) is 9.71. The van der Waals surface area contributed by atoms with Crippen molar-refractivity contribution < 1.29 is 9.59 Å². The second-order valence-corrected chi connectivity index (χ2v) is 4.97. The first-order valence-corrected chi connectivity index (χ1v) is 6.26. The molecule has 0 bridgehead atoms. The largest absolute Gasteiger partial charge is 0.328 e. The Morgan fingerprint density at radius 2 is 1.56 bits per heavy atom. The quantitative estimate of drug-likeness (QED) is 0.716. The third-order valence-corrected chi connectivity index (χ3v) is 3.92. The summed E-state index contributed by atoms with van der Waals surface area (Å²) in [7, 11) is 0. The van der Waals surface area contributed by atoms with E-state index < -0.39 is 0 Å². The summed E-state index contributed by atoms with van der Waals surface area (Å²) in [6.45, 7) is 0.421. The molecule has 2 rings (SSSR count). The number of amides is 2. The number of carbonyl (C=O) groups is 2. The number of nitrogens with zero attached hydrogens (tertiary/aromatic N) is 1. The van der Waals surface area contributed by atoms with Crippen molar-refractivity contribution in [3.05, 3.63) is 0 Å². The molecule has 16 heavy (non-hydrogen) atoms. The first-order chi connectivity index (χ1) is 7.69. The topological polar surface area (TPSA) is 63.4 Å². The molecule has 1 saturated heterocycles. The second-order valence-electron chi connectivity index (χ2n) is 4.97. The van der Waals surface area contributed by atoms with Crippen LogP contribution in [-0.2, 0) is 9.59 Å². The molecule has 0 unspecified atom stereocenters. The van der Waals surface area contributed by atoms with Crippen molar-refractivity contribution in [2.24, 2.45) is 5.73 Å². The van der Waals surface area contributed by atoms with Crippen molar-refractivity contribution in [2.75, 3.05) is 6.54 Å². The van der Waals surface area contributed by atoms with E-state index in [0.717, 1.165) is 25.7 Å². The van der Waals surface area contributed by atoms with E-state index in [2.05, 4.69) is 0 Å². The molecular weight excluding hydrogens is 204 g/mol. The van der Waals surface area contributed by atoms with Crippen LogP contribution >= 0.6 is 0 Å². The Hall–Kier alpha value is -0.900. The van der Waals surface area contributed by atoms with Gasteiger partial charge in [0.15, 0.2) is 0 Å². The highest BCUT2D eigenvalue weighted by atomic mass is 16.2.